The van der Waals surface area contributed by atoms with Crippen LogP contribution in [0.2, 0.25) is 0 Å². The number of hydrogen-bond acceptors (Lipinski definition) is 6. The summed E-state index contributed by atoms with van der Waals surface area (Å²) in [6, 6.07) is 56.0. The zero-order valence-corrected chi connectivity index (χ0v) is 33.6. The lowest BCUT2D eigenvalue weighted by molar-refractivity contribution is -0.129. The molecule has 7 aromatic carbocycles. The van der Waals surface area contributed by atoms with Gasteiger partial charge in [0.15, 0.2) is 0 Å². The lowest BCUT2D eigenvalue weighted by atomic mass is 9.98. The Hall–Kier alpha value is -7.70. The first-order valence-corrected chi connectivity index (χ1v) is 20.0. The molecule has 0 atom stereocenters. The third-order valence-corrected chi connectivity index (χ3v) is 10.7. The number of benzene rings is 7. The fraction of sp³-hybridized carbons (Fsp3) is 0.0741. The van der Waals surface area contributed by atoms with Crippen molar-refractivity contribution in [2.45, 2.75) is 26.7 Å². The highest BCUT2D eigenvalue weighted by Gasteiger charge is 2.19. The summed E-state index contributed by atoms with van der Waals surface area (Å²) in [7, 11) is 0. The van der Waals surface area contributed by atoms with E-state index in [0.717, 1.165) is 92.0 Å². The van der Waals surface area contributed by atoms with Gasteiger partial charge in [-0.1, -0.05) is 97.6 Å². The molecule has 7 aromatic rings. The summed E-state index contributed by atoms with van der Waals surface area (Å²) in [6.45, 7) is 8.27. The molecule has 0 amide bonds. The van der Waals surface area contributed by atoms with E-state index in [2.05, 4.69) is 158 Å². The number of aryl methyl sites for hydroxylation is 2. The van der Waals surface area contributed by atoms with Gasteiger partial charge in [0.2, 0.25) is 0 Å². The molecule has 0 radical (unpaired) electrons. The van der Waals surface area contributed by atoms with E-state index in [9.17, 15) is 9.59 Å². The van der Waals surface area contributed by atoms with Crippen molar-refractivity contribution in [3.05, 3.63) is 211 Å². The first kappa shape index (κ1) is 39.1. The Morgan fingerprint density at radius 2 is 1.02 bits per heavy atom. The highest BCUT2D eigenvalue weighted by atomic mass is 16.5. The van der Waals surface area contributed by atoms with Crippen LogP contribution >= 0.6 is 0 Å². The maximum Gasteiger partial charge on any atom is 0.335 e. The van der Waals surface area contributed by atoms with Crippen molar-refractivity contribution in [1.82, 2.24) is 0 Å². The summed E-state index contributed by atoms with van der Waals surface area (Å²) in [5.74, 6) is 0.520. The number of rotatable bonds is 13. The van der Waals surface area contributed by atoms with Crippen LogP contribution in [0.15, 0.2) is 200 Å². The van der Waals surface area contributed by atoms with E-state index < -0.39 is 5.97 Å². The van der Waals surface area contributed by atoms with Crippen LogP contribution in [-0.2, 0) is 9.59 Å². The molecule has 1 aliphatic carbocycles. The summed E-state index contributed by atoms with van der Waals surface area (Å²) in [5, 5.41) is 0. The molecule has 0 spiro atoms. The highest BCUT2D eigenvalue weighted by molar-refractivity contribution is 5.84. The number of carbonyl (C=O) groups is 2. The van der Waals surface area contributed by atoms with Crippen molar-refractivity contribution < 1.29 is 19.1 Å². The van der Waals surface area contributed by atoms with Crippen LogP contribution < -0.4 is 19.3 Å². The number of esters is 1. The molecular weight excluding hydrogens is 741 g/mol. The number of allylic oxidation sites excluding steroid dienone is 3. The Morgan fingerprint density at radius 3 is 1.50 bits per heavy atom. The molecule has 6 heteroatoms. The molecule has 0 N–H and O–H groups in total. The smallest absolute Gasteiger partial charge is 0.335 e. The standard InChI is InChI=1S/C54H44N2O4/c1-4-54(58)60-51-31-21-43(22-32-51)41-17-27-49(28-18-41)56(47-13-9-6-10-14-47)53-34-24-45(36-39(53)3)44-23-33-52(38(2)35-44)55(46-11-7-5-8-12-46)48-25-15-40(16-26-48)42-19-29-50(30-20-42)59-37-57/h4-5,7-9,11-37H,1,6,10H2,2-3H3. The lowest BCUT2D eigenvalue weighted by Crippen LogP contribution is -2.17. The van der Waals surface area contributed by atoms with Crippen LogP contribution in [0.4, 0.5) is 28.4 Å². The average Bonchev–Trinajstić information content (AvgIpc) is 3.29. The number of hydrogen-bond donors (Lipinski definition) is 0. The Bertz CT molecular complexity index is 2700. The summed E-state index contributed by atoms with van der Waals surface area (Å²) < 4.78 is 10.2. The molecule has 0 unspecified atom stereocenters. The zero-order valence-electron chi connectivity index (χ0n) is 33.6. The molecule has 0 bridgehead atoms. The summed E-state index contributed by atoms with van der Waals surface area (Å²) in [4.78, 5) is 27.0. The summed E-state index contributed by atoms with van der Waals surface area (Å²) >= 11 is 0. The van der Waals surface area contributed by atoms with Crippen LogP contribution in [0.1, 0.15) is 24.0 Å². The van der Waals surface area contributed by atoms with Crippen molar-refractivity contribution in [3.63, 3.8) is 0 Å². The second-order valence-corrected chi connectivity index (χ2v) is 14.6. The number of ether oxygens (including phenoxy) is 2. The van der Waals surface area contributed by atoms with Gasteiger partial charge in [0.25, 0.3) is 6.47 Å². The fourth-order valence-corrected chi connectivity index (χ4v) is 7.63. The quantitative estimate of drug-likeness (QED) is 0.0502. The maximum atomic E-state index is 11.6. The van der Waals surface area contributed by atoms with Gasteiger partial charge in [-0.15, -0.1) is 0 Å². The van der Waals surface area contributed by atoms with Crippen molar-refractivity contribution in [2.75, 3.05) is 9.80 Å². The molecule has 0 saturated heterocycles. The van der Waals surface area contributed by atoms with Crippen LogP contribution in [0.25, 0.3) is 33.4 Å². The van der Waals surface area contributed by atoms with Gasteiger partial charge in [-0.2, -0.15) is 0 Å². The summed E-state index contributed by atoms with van der Waals surface area (Å²) in [6.07, 6.45) is 9.94. The maximum absolute atomic E-state index is 11.6. The SMILES string of the molecule is C=CC(=O)Oc1ccc(-c2ccc(N(C3=CCCC=C3)c3ccc(-c4ccc(N(c5ccccc5)c5ccc(-c6ccc(OC=O)cc6)cc5)c(C)c4)cc3C)cc2)cc1. The van der Waals surface area contributed by atoms with Gasteiger partial charge in [0.05, 0.1) is 0 Å². The molecule has 8 rings (SSSR count). The molecular formula is C54H44N2O4. The minimum atomic E-state index is -0.478. The topological polar surface area (TPSA) is 59.1 Å². The number of para-hydroxylation sites is 1. The second kappa shape index (κ2) is 17.8. The number of carbonyl (C=O) groups excluding carboxylic acids is 2. The van der Waals surface area contributed by atoms with Crippen LogP contribution in [0, 0.1) is 13.8 Å². The fourth-order valence-electron chi connectivity index (χ4n) is 7.63. The van der Waals surface area contributed by atoms with Crippen molar-refractivity contribution >= 4 is 40.9 Å². The monoisotopic (exact) mass is 784 g/mol. The highest BCUT2D eigenvalue weighted by Crippen LogP contribution is 2.41. The Balaban J connectivity index is 1.07. The van der Waals surface area contributed by atoms with E-state index in [1.807, 2.05) is 30.3 Å². The van der Waals surface area contributed by atoms with Gasteiger partial charge in [-0.3, -0.25) is 4.79 Å². The Labute approximate surface area is 351 Å². The molecule has 0 aliphatic heterocycles. The predicted octanol–water partition coefficient (Wildman–Crippen LogP) is 13.8. The molecule has 6 nitrogen and oxygen atoms in total. The molecule has 60 heavy (non-hydrogen) atoms. The molecule has 0 fully saturated rings. The molecule has 0 aromatic heterocycles. The van der Waals surface area contributed by atoms with Gasteiger partial charge >= 0.3 is 5.97 Å². The minimum absolute atomic E-state index is 0.440. The van der Waals surface area contributed by atoms with Crippen LogP contribution in [0.3, 0.4) is 0 Å². The Kier molecular flexibility index (Phi) is 11.6. The predicted molar refractivity (Wildman–Crippen MR) is 244 cm³/mol. The van der Waals surface area contributed by atoms with E-state index in [0.29, 0.717) is 18.0 Å². The molecule has 0 saturated carbocycles. The van der Waals surface area contributed by atoms with Gasteiger partial charge in [-0.25, -0.2) is 4.79 Å². The number of nitrogens with zero attached hydrogens (tertiary/aromatic N) is 2. The van der Waals surface area contributed by atoms with E-state index in [1.165, 1.54) is 5.56 Å². The van der Waals surface area contributed by atoms with Gasteiger partial charge in [0, 0.05) is 40.2 Å². The zero-order chi connectivity index (χ0) is 41.4. The molecule has 294 valence electrons. The van der Waals surface area contributed by atoms with E-state index in [1.54, 1.807) is 24.3 Å². The first-order valence-electron chi connectivity index (χ1n) is 20.0. The van der Waals surface area contributed by atoms with Crippen molar-refractivity contribution in [1.29, 1.82) is 0 Å². The Morgan fingerprint density at radius 1 is 0.550 bits per heavy atom. The largest absolute Gasteiger partial charge is 0.429 e. The van der Waals surface area contributed by atoms with E-state index in [4.69, 9.17) is 9.47 Å². The second-order valence-electron chi connectivity index (χ2n) is 14.6. The van der Waals surface area contributed by atoms with Gasteiger partial charge in [-0.05, 0) is 162 Å². The first-order chi connectivity index (χ1) is 29.4. The van der Waals surface area contributed by atoms with Crippen LogP contribution in [0.5, 0.6) is 11.5 Å². The lowest BCUT2D eigenvalue weighted by Gasteiger charge is -2.29. The van der Waals surface area contributed by atoms with Gasteiger partial charge < -0.3 is 19.3 Å². The van der Waals surface area contributed by atoms with Crippen LogP contribution in [-0.4, -0.2) is 12.4 Å². The third-order valence-electron chi connectivity index (χ3n) is 10.7. The van der Waals surface area contributed by atoms with Crippen molar-refractivity contribution in [2.24, 2.45) is 0 Å². The number of anilines is 5. The van der Waals surface area contributed by atoms with E-state index >= 15 is 0 Å². The molecule has 1 aliphatic rings. The normalized spacial score (nSPS) is 11.9. The van der Waals surface area contributed by atoms with Crippen molar-refractivity contribution in [3.8, 4) is 44.9 Å². The summed E-state index contributed by atoms with van der Waals surface area (Å²) in [5.41, 5.74) is 15.4. The minimum Gasteiger partial charge on any atom is -0.429 e. The van der Waals surface area contributed by atoms with E-state index in [-0.39, 0.29) is 0 Å². The van der Waals surface area contributed by atoms with Gasteiger partial charge in [0.1, 0.15) is 11.5 Å². The third kappa shape index (κ3) is 8.59. The average molecular weight is 785 g/mol. The molecule has 0 heterocycles.